The van der Waals surface area contributed by atoms with E-state index in [9.17, 15) is 8.42 Å². The lowest BCUT2D eigenvalue weighted by Gasteiger charge is -2.36. The highest BCUT2D eigenvalue weighted by Crippen LogP contribution is 2.29. The SMILES string of the molecule is Nc1nc2c(c(N3CCN(S(=O)(=O)c4ccccc4)CC3)n1)CCCC2. The number of fused-ring (bicyclic) bond motifs is 1. The molecule has 1 saturated heterocycles. The number of benzene rings is 1. The van der Waals surface area contributed by atoms with E-state index >= 15 is 0 Å². The van der Waals surface area contributed by atoms with Crippen molar-refractivity contribution in [3.63, 3.8) is 0 Å². The van der Waals surface area contributed by atoms with E-state index in [0.29, 0.717) is 37.0 Å². The fourth-order valence-corrected chi connectivity index (χ4v) is 5.18. The van der Waals surface area contributed by atoms with Gasteiger partial charge in [0.15, 0.2) is 0 Å². The van der Waals surface area contributed by atoms with E-state index in [-0.39, 0.29) is 0 Å². The van der Waals surface area contributed by atoms with Gasteiger partial charge in [-0.05, 0) is 37.8 Å². The minimum absolute atomic E-state index is 0.306. The van der Waals surface area contributed by atoms with Crippen molar-refractivity contribution in [1.29, 1.82) is 0 Å². The summed E-state index contributed by atoms with van der Waals surface area (Å²) in [6.07, 6.45) is 4.17. The van der Waals surface area contributed by atoms with E-state index < -0.39 is 10.0 Å². The average Bonchev–Trinajstić information content (AvgIpc) is 2.68. The summed E-state index contributed by atoms with van der Waals surface area (Å²) in [4.78, 5) is 11.4. The number of hydrogen-bond donors (Lipinski definition) is 1. The van der Waals surface area contributed by atoms with Crippen molar-refractivity contribution in [3.8, 4) is 0 Å². The van der Waals surface area contributed by atoms with Gasteiger partial charge in [-0.3, -0.25) is 0 Å². The molecule has 2 aliphatic rings. The van der Waals surface area contributed by atoms with Crippen molar-refractivity contribution in [2.75, 3.05) is 36.8 Å². The molecule has 4 rings (SSSR count). The maximum absolute atomic E-state index is 12.8. The lowest BCUT2D eigenvalue weighted by Crippen LogP contribution is -2.49. The maximum atomic E-state index is 12.8. The number of piperazine rings is 1. The van der Waals surface area contributed by atoms with Crippen LogP contribution in [-0.2, 0) is 22.9 Å². The van der Waals surface area contributed by atoms with Gasteiger partial charge in [-0.1, -0.05) is 18.2 Å². The Kier molecular flexibility index (Phi) is 4.54. The van der Waals surface area contributed by atoms with Crippen molar-refractivity contribution in [2.24, 2.45) is 0 Å². The van der Waals surface area contributed by atoms with Gasteiger partial charge >= 0.3 is 0 Å². The molecule has 1 fully saturated rings. The molecule has 0 bridgehead atoms. The van der Waals surface area contributed by atoms with Crippen LogP contribution in [0.2, 0.25) is 0 Å². The van der Waals surface area contributed by atoms with Gasteiger partial charge < -0.3 is 10.6 Å². The lowest BCUT2D eigenvalue weighted by molar-refractivity contribution is 0.383. The summed E-state index contributed by atoms with van der Waals surface area (Å²) < 4.78 is 27.1. The standard InChI is InChI=1S/C18H23N5O2S/c19-18-20-16-9-5-4-8-15(16)17(21-18)22-10-12-23(13-11-22)26(24,25)14-6-2-1-3-7-14/h1-3,6-7H,4-5,8-13H2,(H2,19,20,21). The van der Waals surface area contributed by atoms with E-state index in [4.69, 9.17) is 5.73 Å². The first-order chi connectivity index (χ1) is 12.6. The number of anilines is 2. The Morgan fingerprint density at radius 1 is 0.923 bits per heavy atom. The van der Waals surface area contributed by atoms with Crippen LogP contribution in [0, 0.1) is 0 Å². The molecule has 26 heavy (non-hydrogen) atoms. The number of rotatable bonds is 3. The molecule has 0 atom stereocenters. The number of aromatic nitrogens is 2. The Morgan fingerprint density at radius 3 is 2.35 bits per heavy atom. The Bertz CT molecular complexity index is 893. The molecule has 0 spiro atoms. The number of hydrogen-bond acceptors (Lipinski definition) is 6. The topological polar surface area (TPSA) is 92.4 Å². The second kappa shape index (κ2) is 6.85. The maximum Gasteiger partial charge on any atom is 0.243 e. The third-order valence-electron chi connectivity index (χ3n) is 5.10. The summed E-state index contributed by atoms with van der Waals surface area (Å²) in [5.41, 5.74) is 8.15. The first-order valence-corrected chi connectivity index (χ1v) is 10.4. The van der Waals surface area contributed by atoms with E-state index in [0.717, 1.165) is 37.2 Å². The monoisotopic (exact) mass is 373 g/mol. The van der Waals surface area contributed by atoms with Gasteiger partial charge in [0.25, 0.3) is 0 Å². The Balaban J connectivity index is 1.54. The number of aryl methyl sites for hydroxylation is 1. The summed E-state index contributed by atoms with van der Waals surface area (Å²) >= 11 is 0. The van der Waals surface area contributed by atoms with Crippen molar-refractivity contribution < 1.29 is 8.42 Å². The number of nitrogens with zero attached hydrogens (tertiary/aromatic N) is 4. The Hall–Kier alpha value is -2.19. The van der Waals surface area contributed by atoms with E-state index in [1.165, 1.54) is 5.56 Å². The molecule has 1 aliphatic carbocycles. The van der Waals surface area contributed by atoms with Crippen molar-refractivity contribution in [1.82, 2.24) is 14.3 Å². The third kappa shape index (κ3) is 3.14. The average molecular weight is 373 g/mol. The summed E-state index contributed by atoms with van der Waals surface area (Å²) in [6, 6.07) is 8.60. The smallest absolute Gasteiger partial charge is 0.243 e. The van der Waals surface area contributed by atoms with Gasteiger partial charge in [-0.2, -0.15) is 9.29 Å². The molecule has 1 aromatic carbocycles. The Labute approximate surface area is 153 Å². The summed E-state index contributed by atoms with van der Waals surface area (Å²) in [7, 11) is -3.44. The van der Waals surface area contributed by atoms with Crippen LogP contribution in [0.25, 0.3) is 0 Å². The molecule has 0 saturated carbocycles. The van der Waals surface area contributed by atoms with Gasteiger partial charge in [-0.15, -0.1) is 0 Å². The van der Waals surface area contributed by atoms with Crippen LogP contribution in [-0.4, -0.2) is 48.9 Å². The van der Waals surface area contributed by atoms with E-state index in [1.807, 2.05) is 6.07 Å². The van der Waals surface area contributed by atoms with Crippen LogP contribution >= 0.6 is 0 Å². The molecule has 0 amide bonds. The quantitative estimate of drug-likeness (QED) is 0.875. The summed E-state index contributed by atoms with van der Waals surface area (Å²) in [5.74, 6) is 1.20. The Morgan fingerprint density at radius 2 is 1.62 bits per heavy atom. The van der Waals surface area contributed by atoms with Gasteiger partial charge in [0.2, 0.25) is 16.0 Å². The van der Waals surface area contributed by atoms with E-state index in [2.05, 4.69) is 14.9 Å². The van der Waals surface area contributed by atoms with Gasteiger partial charge in [0, 0.05) is 31.7 Å². The fraction of sp³-hybridized carbons (Fsp3) is 0.444. The largest absolute Gasteiger partial charge is 0.368 e. The minimum Gasteiger partial charge on any atom is -0.368 e. The summed E-state index contributed by atoms with van der Waals surface area (Å²) in [5, 5.41) is 0. The van der Waals surface area contributed by atoms with Crippen molar-refractivity contribution >= 4 is 21.8 Å². The molecule has 2 N–H and O–H groups in total. The molecule has 8 heteroatoms. The molecular formula is C18H23N5O2S. The van der Waals surface area contributed by atoms with E-state index in [1.54, 1.807) is 28.6 Å². The molecular weight excluding hydrogens is 350 g/mol. The van der Waals surface area contributed by atoms with Gasteiger partial charge in [0.05, 0.1) is 10.6 Å². The lowest BCUT2D eigenvalue weighted by atomic mass is 9.96. The van der Waals surface area contributed by atoms with Crippen LogP contribution in [0.3, 0.4) is 0 Å². The van der Waals surface area contributed by atoms with Crippen LogP contribution in [0.4, 0.5) is 11.8 Å². The number of nitrogens with two attached hydrogens (primary N) is 1. The molecule has 1 aromatic heterocycles. The highest BCUT2D eigenvalue weighted by Gasteiger charge is 2.30. The second-order valence-corrected chi connectivity index (χ2v) is 8.68. The first-order valence-electron chi connectivity index (χ1n) is 9.01. The normalized spacial score (nSPS) is 18.5. The molecule has 2 aromatic rings. The van der Waals surface area contributed by atoms with Crippen molar-refractivity contribution in [2.45, 2.75) is 30.6 Å². The van der Waals surface area contributed by atoms with Crippen LogP contribution in [0.5, 0.6) is 0 Å². The molecule has 1 aliphatic heterocycles. The fourth-order valence-electron chi connectivity index (χ4n) is 3.74. The number of nitrogen functional groups attached to an aromatic ring is 1. The molecule has 2 heterocycles. The second-order valence-electron chi connectivity index (χ2n) is 6.74. The van der Waals surface area contributed by atoms with Gasteiger partial charge in [-0.25, -0.2) is 13.4 Å². The third-order valence-corrected chi connectivity index (χ3v) is 7.01. The molecule has 138 valence electrons. The highest BCUT2D eigenvalue weighted by atomic mass is 32.2. The zero-order chi connectivity index (χ0) is 18.1. The molecule has 0 unspecified atom stereocenters. The molecule has 7 nitrogen and oxygen atoms in total. The zero-order valence-corrected chi connectivity index (χ0v) is 15.5. The predicted molar refractivity (Wildman–Crippen MR) is 101 cm³/mol. The van der Waals surface area contributed by atoms with Gasteiger partial charge in [0.1, 0.15) is 5.82 Å². The zero-order valence-electron chi connectivity index (χ0n) is 14.6. The van der Waals surface area contributed by atoms with Crippen LogP contribution in [0.15, 0.2) is 35.2 Å². The van der Waals surface area contributed by atoms with Crippen LogP contribution < -0.4 is 10.6 Å². The number of sulfonamides is 1. The highest BCUT2D eigenvalue weighted by molar-refractivity contribution is 7.89. The molecule has 0 radical (unpaired) electrons. The first kappa shape index (κ1) is 17.2. The predicted octanol–water partition coefficient (Wildman–Crippen LogP) is 1.45. The van der Waals surface area contributed by atoms with Crippen LogP contribution in [0.1, 0.15) is 24.1 Å². The summed E-state index contributed by atoms with van der Waals surface area (Å²) in [6.45, 7) is 2.09. The van der Waals surface area contributed by atoms with Crippen molar-refractivity contribution in [3.05, 3.63) is 41.6 Å². The minimum atomic E-state index is -3.44.